The van der Waals surface area contributed by atoms with Gasteiger partial charge in [-0.1, -0.05) is 25.1 Å². The van der Waals surface area contributed by atoms with Crippen LogP contribution in [0, 0.1) is 5.82 Å². The van der Waals surface area contributed by atoms with Crippen LogP contribution in [0.5, 0.6) is 0 Å². The summed E-state index contributed by atoms with van der Waals surface area (Å²) < 4.78 is 21.2. The van der Waals surface area contributed by atoms with Crippen LogP contribution in [0.2, 0.25) is 0 Å². The van der Waals surface area contributed by atoms with Crippen LogP contribution < -0.4 is 0 Å². The van der Waals surface area contributed by atoms with Gasteiger partial charge in [0.1, 0.15) is 11.6 Å². The van der Waals surface area contributed by atoms with E-state index >= 15 is 0 Å². The average Bonchev–Trinajstić information content (AvgIpc) is 2.94. The van der Waals surface area contributed by atoms with Crippen LogP contribution in [0.4, 0.5) is 4.39 Å². The van der Waals surface area contributed by atoms with Gasteiger partial charge in [0.15, 0.2) is 0 Å². The number of aryl methyl sites for hydroxylation is 1. The lowest BCUT2D eigenvalue weighted by Crippen LogP contribution is -2.08. The second-order valence-corrected chi connectivity index (χ2v) is 5.88. The second kappa shape index (κ2) is 7.47. The SMILES string of the molecule is CCCc1nc2ccc(C(=O)OCC)cc2n1Cc1ccccc1F. The third kappa shape index (κ3) is 3.55. The van der Waals surface area contributed by atoms with Crippen LogP contribution in [-0.4, -0.2) is 22.1 Å². The minimum Gasteiger partial charge on any atom is -0.462 e. The van der Waals surface area contributed by atoms with Crippen molar-refractivity contribution in [1.29, 1.82) is 0 Å². The number of carbonyl (C=O) groups is 1. The van der Waals surface area contributed by atoms with E-state index in [2.05, 4.69) is 11.9 Å². The Morgan fingerprint density at radius 2 is 2.00 bits per heavy atom. The van der Waals surface area contributed by atoms with E-state index in [0.717, 1.165) is 29.7 Å². The number of aromatic nitrogens is 2. The van der Waals surface area contributed by atoms with Crippen molar-refractivity contribution in [3.63, 3.8) is 0 Å². The van der Waals surface area contributed by atoms with Crippen LogP contribution in [0.25, 0.3) is 11.0 Å². The van der Waals surface area contributed by atoms with E-state index in [-0.39, 0.29) is 11.8 Å². The number of imidazole rings is 1. The molecule has 3 aromatic rings. The van der Waals surface area contributed by atoms with Crippen molar-refractivity contribution in [2.75, 3.05) is 6.61 Å². The lowest BCUT2D eigenvalue weighted by molar-refractivity contribution is 0.0526. The number of esters is 1. The molecule has 0 unspecified atom stereocenters. The van der Waals surface area contributed by atoms with Crippen LogP contribution in [0.15, 0.2) is 42.5 Å². The third-order valence-electron chi connectivity index (χ3n) is 4.10. The first-order valence-electron chi connectivity index (χ1n) is 8.53. The molecule has 0 saturated heterocycles. The Bertz CT molecular complexity index is 902. The van der Waals surface area contributed by atoms with E-state index < -0.39 is 0 Å². The standard InChI is InChI=1S/C20H21FN2O2/c1-3-7-19-22-17-11-10-14(20(24)25-4-2)12-18(17)23(19)13-15-8-5-6-9-16(15)21/h5-6,8-12H,3-4,7,13H2,1-2H3. The molecule has 0 aliphatic heterocycles. The molecule has 130 valence electrons. The average molecular weight is 340 g/mol. The van der Waals surface area contributed by atoms with Gasteiger partial charge in [-0.2, -0.15) is 0 Å². The van der Waals surface area contributed by atoms with Gasteiger partial charge in [-0.25, -0.2) is 14.2 Å². The highest BCUT2D eigenvalue weighted by Gasteiger charge is 2.15. The molecule has 0 amide bonds. The van der Waals surface area contributed by atoms with Crippen LogP contribution >= 0.6 is 0 Å². The maximum Gasteiger partial charge on any atom is 0.338 e. The molecule has 5 heteroatoms. The van der Waals surface area contributed by atoms with Crippen molar-refractivity contribution < 1.29 is 13.9 Å². The van der Waals surface area contributed by atoms with Crippen molar-refractivity contribution in [3.05, 3.63) is 65.2 Å². The number of carbonyl (C=O) groups excluding carboxylic acids is 1. The number of rotatable bonds is 6. The quantitative estimate of drug-likeness (QED) is 0.627. The number of hydrogen-bond donors (Lipinski definition) is 0. The third-order valence-corrected chi connectivity index (χ3v) is 4.10. The molecule has 3 rings (SSSR count). The fourth-order valence-corrected chi connectivity index (χ4v) is 2.90. The minimum absolute atomic E-state index is 0.242. The highest BCUT2D eigenvalue weighted by atomic mass is 19.1. The van der Waals surface area contributed by atoms with Crippen molar-refractivity contribution >= 4 is 17.0 Å². The van der Waals surface area contributed by atoms with Gasteiger partial charge in [0.2, 0.25) is 0 Å². The first-order chi connectivity index (χ1) is 12.1. The molecule has 0 N–H and O–H groups in total. The number of nitrogens with zero attached hydrogens (tertiary/aromatic N) is 2. The molecule has 0 aliphatic carbocycles. The summed E-state index contributed by atoms with van der Waals surface area (Å²) in [6.07, 6.45) is 1.73. The Morgan fingerprint density at radius 3 is 2.72 bits per heavy atom. The number of halogens is 1. The van der Waals surface area contributed by atoms with Gasteiger partial charge < -0.3 is 9.30 Å². The Labute approximate surface area is 146 Å². The highest BCUT2D eigenvalue weighted by Crippen LogP contribution is 2.22. The molecule has 2 aromatic carbocycles. The van der Waals surface area contributed by atoms with Gasteiger partial charge in [0, 0.05) is 12.0 Å². The minimum atomic E-state index is -0.361. The van der Waals surface area contributed by atoms with E-state index in [1.807, 2.05) is 16.7 Å². The Hall–Kier alpha value is -2.69. The first-order valence-corrected chi connectivity index (χ1v) is 8.53. The van der Waals surface area contributed by atoms with Crippen molar-refractivity contribution in [3.8, 4) is 0 Å². The number of hydrogen-bond acceptors (Lipinski definition) is 3. The normalized spacial score (nSPS) is 11.0. The van der Waals surface area contributed by atoms with Crippen molar-refractivity contribution in [1.82, 2.24) is 9.55 Å². The number of benzene rings is 2. The molecule has 0 atom stereocenters. The molecule has 25 heavy (non-hydrogen) atoms. The van der Waals surface area contributed by atoms with Gasteiger partial charge >= 0.3 is 5.97 Å². The summed E-state index contributed by atoms with van der Waals surface area (Å²) in [7, 11) is 0. The van der Waals surface area contributed by atoms with E-state index in [1.165, 1.54) is 6.07 Å². The second-order valence-electron chi connectivity index (χ2n) is 5.88. The zero-order valence-electron chi connectivity index (χ0n) is 14.5. The maximum atomic E-state index is 14.1. The Kier molecular flexibility index (Phi) is 5.12. The van der Waals surface area contributed by atoms with Gasteiger partial charge in [0.25, 0.3) is 0 Å². The Balaban J connectivity index is 2.09. The fourth-order valence-electron chi connectivity index (χ4n) is 2.90. The molecule has 0 radical (unpaired) electrons. The summed E-state index contributed by atoms with van der Waals surface area (Å²) >= 11 is 0. The lowest BCUT2D eigenvalue weighted by atomic mass is 10.1. The predicted molar refractivity (Wildman–Crippen MR) is 95.2 cm³/mol. The van der Waals surface area contributed by atoms with Gasteiger partial charge in [-0.05, 0) is 37.6 Å². The summed E-state index contributed by atoms with van der Waals surface area (Å²) in [5, 5.41) is 0. The van der Waals surface area contributed by atoms with Crippen LogP contribution in [-0.2, 0) is 17.7 Å². The van der Waals surface area contributed by atoms with Crippen molar-refractivity contribution in [2.45, 2.75) is 33.2 Å². The molecule has 0 aliphatic rings. The molecule has 1 aromatic heterocycles. The predicted octanol–water partition coefficient (Wildman–Crippen LogP) is 4.35. The number of ether oxygens (including phenoxy) is 1. The van der Waals surface area contributed by atoms with Gasteiger partial charge in [-0.15, -0.1) is 0 Å². The monoisotopic (exact) mass is 340 g/mol. The highest BCUT2D eigenvalue weighted by molar-refractivity contribution is 5.93. The smallest absolute Gasteiger partial charge is 0.338 e. The molecular weight excluding hydrogens is 319 g/mol. The summed E-state index contributed by atoms with van der Waals surface area (Å²) in [6, 6.07) is 12.0. The van der Waals surface area contributed by atoms with Crippen molar-refractivity contribution in [2.24, 2.45) is 0 Å². The zero-order chi connectivity index (χ0) is 17.8. The van der Waals surface area contributed by atoms with E-state index in [9.17, 15) is 9.18 Å². The molecule has 0 spiro atoms. The Morgan fingerprint density at radius 1 is 1.20 bits per heavy atom. The lowest BCUT2D eigenvalue weighted by Gasteiger charge is -2.10. The molecular formula is C20H21FN2O2. The molecule has 4 nitrogen and oxygen atoms in total. The zero-order valence-corrected chi connectivity index (χ0v) is 14.5. The summed E-state index contributed by atoms with van der Waals surface area (Å²) in [5.41, 5.74) is 2.69. The fraction of sp³-hybridized carbons (Fsp3) is 0.300. The molecule has 0 fully saturated rings. The number of fused-ring (bicyclic) bond motifs is 1. The van der Waals surface area contributed by atoms with Gasteiger partial charge in [0.05, 0.1) is 29.7 Å². The van der Waals surface area contributed by atoms with E-state index in [4.69, 9.17) is 4.74 Å². The molecule has 0 bridgehead atoms. The summed E-state index contributed by atoms with van der Waals surface area (Å²) in [5.74, 6) is 0.287. The molecule has 0 saturated carbocycles. The maximum absolute atomic E-state index is 14.1. The van der Waals surface area contributed by atoms with Crippen LogP contribution in [0.1, 0.15) is 42.0 Å². The summed E-state index contributed by atoms with van der Waals surface area (Å²) in [6.45, 7) is 4.56. The topological polar surface area (TPSA) is 44.1 Å². The van der Waals surface area contributed by atoms with Crippen LogP contribution in [0.3, 0.4) is 0 Å². The largest absolute Gasteiger partial charge is 0.462 e. The first kappa shape index (κ1) is 17.1. The van der Waals surface area contributed by atoms with Gasteiger partial charge in [-0.3, -0.25) is 0 Å². The van der Waals surface area contributed by atoms with E-state index in [0.29, 0.717) is 24.3 Å². The molecule has 1 heterocycles. The summed E-state index contributed by atoms with van der Waals surface area (Å²) in [4.78, 5) is 16.7. The van der Waals surface area contributed by atoms with E-state index in [1.54, 1.807) is 31.2 Å².